The highest BCUT2D eigenvalue weighted by Crippen LogP contribution is 2.21. The molecule has 4 nitrogen and oxygen atoms in total. The average Bonchev–Trinajstić information content (AvgIpc) is 2.82. The first-order valence-electron chi connectivity index (χ1n) is 5.91. The number of halogens is 1. The minimum absolute atomic E-state index is 0.190. The highest BCUT2D eigenvalue weighted by atomic mass is 35.5. The predicted molar refractivity (Wildman–Crippen MR) is 78.9 cm³/mol. The molecule has 0 fully saturated rings. The van der Waals surface area contributed by atoms with Crippen LogP contribution in [-0.2, 0) is 6.54 Å². The number of hydrogen-bond acceptors (Lipinski definition) is 4. The number of carbonyl (C=O) groups is 1. The number of nitrogens with zero attached hydrogens (tertiary/aromatic N) is 1. The van der Waals surface area contributed by atoms with Crippen molar-refractivity contribution in [1.29, 1.82) is 0 Å². The van der Waals surface area contributed by atoms with Crippen molar-refractivity contribution in [3.8, 4) is 0 Å². The molecule has 0 unspecified atom stereocenters. The van der Waals surface area contributed by atoms with Crippen LogP contribution in [0, 0.1) is 0 Å². The summed E-state index contributed by atoms with van der Waals surface area (Å²) in [7, 11) is 0. The van der Waals surface area contributed by atoms with Crippen molar-refractivity contribution < 1.29 is 4.79 Å². The molecule has 0 bridgehead atoms. The molecular formula is C13H14ClN3OS. The zero-order valence-corrected chi connectivity index (χ0v) is 12.0. The van der Waals surface area contributed by atoms with Crippen molar-refractivity contribution in [3.05, 3.63) is 45.4 Å². The second-order valence-corrected chi connectivity index (χ2v) is 5.65. The van der Waals surface area contributed by atoms with Crippen LogP contribution in [0.25, 0.3) is 0 Å². The Balaban J connectivity index is 1.97. The lowest BCUT2D eigenvalue weighted by Crippen LogP contribution is -2.23. The topological polar surface area (TPSA) is 54.0 Å². The summed E-state index contributed by atoms with van der Waals surface area (Å²) in [5, 5.41) is 5.96. The molecule has 0 radical (unpaired) electrons. The molecule has 0 aromatic carbocycles. The van der Waals surface area contributed by atoms with Gasteiger partial charge in [0.05, 0.1) is 10.9 Å². The van der Waals surface area contributed by atoms with Crippen molar-refractivity contribution in [2.24, 2.45) is 0 Å². The monoisotopic (exact) mass is 295 g/mol. The molecule has 2 aromatic rings. The lowest BCUT2D eigenvalue weighted by Gasteiger charge is -2.06. The molecule has 0 saturated carbocycles. The van der Waals surface area contributed by atoms with Gasteiger partial charge < -0.3 is 10.6 Å². The molecule has 2 rings (SSSR count). The van der Waals surface area contributed by atoms with E-state index < -0.39 is 0 Å². The summed E-state index contributed by atoms with van der Waals surface area (Å²) in [6.07, 6.45) is 1.62. The smallest absolute Gasteiger partial charge is 0.270 e. The quantitative estimate of drug-likeness (QED) is 0.891. The summed E-state index contributed by atoms with van der Waals surface area (Å²) >= 11 is 7.29. The zero-order valence-electron chi connectivity index (χ0n) is 10.4. The van der Waals surface area contributed by atoms with Crippen LogP contribution in [0.15, 0.2) is 30.5 Å². The molecular weight excluding hydrogens is 282 g/mol. The number of pyridine rings is 1. The predicted octanol–water partition coefficient (Wildman–Crippen LogP) is 3.16. The Morgan fingerprint density at radius 1 is 1.42 bits per heavy atom. The van der Waals surface area contributed by atoms with E-state index in [-0.39, 0.29) is 5.91 Å². The van der Waals surface area contributed by atoms with Gasteiger partial charge >= 0.3 is 0 Å². The van der Waals surface area contributed by atoms with Gasteiger partial charge in [-0.2, -0.15) is 0 Å². The van der Waals surface area contributed by atoms with E-state index >= 15 is 0 Å². The fourth-order valence-corrected chi connectivity index (χ4v) is 2.60. The van der Waals surface area contributed by atoms with Crippen LogP contribution in [0.1, 0.15) is 22.3 Å². The van der Waals surface area contributed by atoms with Gasteiger partial charge in [-0.25, -0.2) is 0 Å². The number of carbonyl (C=O) groups excluding carboxylic acids is 1. The molecule has 0 spiro atoms. The van der Waals surface area contributed by atoms with Gasteiger partial charge in [-0.15, -0.1) is 11.3 Å². The van der Waals surface area contributed by atoms with Crippen LogP contribution < -0.4 is 10.6 Å². The zero-order chi connectivity index (χ0) is 13.7. The number of aromatic nitrogens is 1. The first kappa shape index (κ1) is 13.8. The third kappa shape index (κ3) is 3.94. The molecule has 0 aliphatic carbocycles. The molecule has 0 saturated heterocycles. The molecule has 1 amide bonds. The van der Waals surface area contributed by atoms with Gasteiger partial charge in [-0.3, -0.25) is 9.78 Å². The third-order valence-electron chi connectivity index (χ3n) is 2.43. The Bertz CT molecular complexity index is 571. The van der Waals surface area contributed by atoms with E-state index in [1.807, 2.05) is 25.1 Å². The van der Waals surface area contributed by atoms with Crippen molar-refractivity contribution in [1.82, 2.24) is 10.3 Å². The summed E-state index contributed by atoms with van der Waals surface area (Å²) < 4.78 is 0.719. The van der Waals surface area contributed by atoms with Gasteiger partial charge in [-0.05, 0) is 31.2 Å². The van der Waals surface area contributed by atoms with Gasteiger partial charge in [-0.1, -0.05) is 11.6 Å². The van der Waals surface area contributed by atoms with Crippen LogP contribution in [0.5, 0.6) is 0 Å². The molecule has 100 valence electrons. The normalized spacial score (nSPS) is 10.2. The minimum atomic E-state index is -0.190. The molecule has 2 N–H and O–H groups in total. The van der Waals surface area contributed by atoms with Crippen LogP contribution >= 0.6 is 22.9 Å². The second-order valence-electron chi connectivity index (χ2n) is 3.85. The Labute approximate surface area is 120 Å². The Morgan fingerprint density at radius 3 is 2.95 bits per heavy atom. The average molecular weight is 296 g/mol. The maximum absolute atomic E-state index is 12.0. The van der Waals surface area contributed by atoms with E-state index in [1.165, 1.54) is 11.3 Å². The number of rotatable bonds is 5. The Kier molecular flexibility index (Phi) is 4.76. The van der Waals surface area contributed by atoms with E-state index in [4.69, 9.17) is 11.6 Å². The van der Waals surface area contributed by atoms with Gasteiger partial charge in [0, 0.05) is 23.3 Å². The fourth-order valence-electron chi connectivity index (χ4n) is 1.57. The molecule has 0 aliphatic heterocycles. The van der Waals surface area contributed by atoms with Gasteiger partial charge in [0.1, 0.15) is 5.69 Å². The Morgan fingerprint density at radius 2 is 2.26 bits per heavy atom. The SMILES string of the molecule is CCNc1ccnc(C(=O)NCc2ccc(Cl)s2)c1. The standard InChI is InChI=1S/C13H14ClN3OS/c1-2-15-9-5-6-16-11(7-9)13(18)17-8-10-3-4-12(14)19-10/h3-7H,2,8H2,1H3,(H,15,16)(H,17,18). The molecule has 2 aromatic heterocycles. The van der Waals surface area contributed by atoms with Gasteiger partial charge in [0.25, 0.3) is 5.91 Å². The number of nitrogens with one attached hydrogen (secondary N) is 2. The summed E-state index contributed by atoms with van der Waals surface area (Å²) in [4.78, 5) is 17.0. The maximum Gasteiger partial charge on any atom is 0.270 e. The highest BCUT2D eigenvalue weighted by molar-refractivity contribution is 7.16. The fraction of sp³-hybridized carbons (Fsp3) is 0.231. The third-order valence-corrected chi connectivity index (χ3v) is 3.66. The Hall–Kier alpha value is -1.59. The highest BCUT2D eigenvalue weighted by Gasteiger charge is 2.08. The largest absolute Gasteiger partial charge is 0.385 e. The number of hydrogen-bond donors (Lipinski definition) is 2. The lowest BCUT2D eigenvalue weighted by molar-refractivity contribution is 0.0946. The van der Waals surface area contributed by atoms with Crippen molar-refractivity contribution in [3.63, 3.8) is 0 Å². The van der Waals surface area contributed by atoms with Crippen LogP contribution in [0.3, 0.4) is 0 Å². The van der Waals surface area contributed by atoms with Crippen LogP contribution in [0.2, 0.25) is 4.34 Å². The van der Waals surface area contributed by atoms with Gasteiger partial charge in [0.2, 0.25) is 0 Å². The molecule has 6 heteroatoms. The van der Waals surface area contributed by atoms with Crippen molar-refractivity contribution in [2.45, 2.75) is 13.5 Å². The van der Waals surface area contributed by atoms with E-state index in [2.05, 4.69) is 15.6 Å². The van der Waals surface area contributed by atoms with Crippen LogP contribution in [0.4, 0.5) is 5.69 Å². The van der Waals surface area contributed by atoms with Gasteiger partial charge in [0.15, 0.2) is 0 Å². The summed E-state index contributed by atoms with van der Waals surface area (Å²) in [5.41, 5.74) is 1.29. The van der Waals surface area contributed by atoms with E-state index in [0.717, 1.165) is 21.4 Å². The number of thiophene rings is 1. The molecule has 19 heavy (non-hydrogen) atoms. The first-order valence-corrected chi connectivity index (χ1v) is 7.11. The van der Waals surface area contributed by atoms with E-state index in [1.54, 1.807) is 12.3 Å². The van der Waals surface area contributed by atoms with E-state index in [0.29, 0.717) is 12.2 Å². The summed E-state index contributed by atoms with van der Waals surface area (Å²) in [5.74, 6) is -0.190. The minimum Gasteiger partial charge on any atom is -0.385 e. The number of amides is 1. The molecule has 2 heterocycles. The van der Waals surface area contributed by atoms with Crippen molar-refractivity contribution in [2.75, 3.05) is 11.9 Å². The summed E-state index contributed by atoms with van der Waals surface area (Å²) in [6, 6.07) is 7.28. The second kappa shape index (κ2) is 6.54. The number of anilines is 1. The molecule has 0 aliphatic rings. The van der Waals surface area contributed by atoms with Crippen molar-refractivity contribution >= 4 is 34.5 Å². The summed E-state index contributed by atoms with van der Waals surface area (Å²) in [6.45, 7) is 3.27. The maximum atomic E-state index is 12.0. The molecule has 0 atom stereocenters. The lowest BCUT2D eigenvalue weighted by atomic mass is 10.3. The van der Waals surface area contributed by atoms with E-state index in [9.17, 15) is 4.79 Å². The van der Waals surface area contributed by atoms with Crippen LogP contribution in [-0.4, -0.2) is 17.4 Å². The first-order chi connectivity index (χ1) is 9.19.